The molecule has 0 aliphatic rings. The first-order valence-corrected chi connectivity index (χ1v) is 1.44. The summed E-state index contributed by atoms with van der Waals surface area (Å²) in [5, 5.41) is 0. The molecule has 0 atom stereocenters. The van der Waals surface area contributed by atoms with Crippen molar-refractivity contribution in [3.05, 3.63) is 0 Å². The van der Waals surface area contributed by atoms with Crippen molar-refractivity contribution in [3.63, 3.8) is 0 Å². The van der Waals surface area contributed by atoms with Gasteiger partial charge in [-0.05, 0) is 0 Å². The van der Waals surface area contributed by atoms with Gasteiger partial charge in [-0.1, -0.05) is 0 Å². The summed E-state index contributed by atoms with van der Waals surface area (Å²) in [6, 6.07) is 0. The Morgan fingerprint density at radius 1 is 1.60 bits per heavy atom. The van der Waals surface area contributed by atoms with Crippen molar-refractivity contribution >= 4 is 46.8 Å². The van der Waals surface area contributed by atoms with Crippen LogP contribution in [0.4, 0.5) is 0 Å². The van der Waals surface area contributed by atoms with Gasteiger partial charge in [0.2, 0.25) is 0 Å². The third kappa shape index (κ3) is 11.9. The molecule has 4 heteroatoms. The molecule has 0 aliphatic carbocycles. The van der Waals surface area contributed by atoms with Crippen molar-refractivity contribution in [2.24, 2.45) is 0 Å². The van der Waals surface area contributed by atoms with Crippen molar-refractivity contribution in [2.45, 2.75) is 0 Å². The second-order valence-electron chi connectivity index (χ2n) is 0.192. The predicted molar refractivity (Wildman–Crippen MR) is 22.0 cm³/mol. The standard InChI is InChI=1S/CHO2S.Na.H/c2-1-4-3;;/h1H;;/q+1;;. The normalized spacial score (nSPS) is 4.00. The van der Waals surface area contributed by atoms with Crippen molar-refractivity contribution in [1.82, 2.24) is 0 Å². The molecular formula is CH2NaO2S+. The molecule has 0 spiro atoms. The number of hydrogen-bond donors (Lipinski definition) is 0. The Balaban J connectivity index is 0. The summed E-state index contributed by atoms with van der Waals surface area (Å²) in [6.45, 7) is 0. The zero-order valence-electron chi connectivity index (χ0n) is 1.80. The molecule has 0 radical (unpaired) electrons. The van der Waals surface area contributed by atoms with Gasteiger partial charge in [0, 0.05) is 4.21 Å². The van der Waals surface area contributed by atoms with Gasteiger partial charge in [0.15, 0.2) is 0 Å². The Morgan fingerprint density at radius 3 is 1.80 bits per heavy atom. The second-order valence-corrected chi connectivity index (χ2v) is 0.577. The van der Waals surface area contributed by atoms with E-state index in [4.69, 9.17) is 9.00 Å². The molecule has 0 rings (SSSR count). The number of rotatable bonds is 1. The molecule has 2 nitrogen and oxygen atoms in total. The van der Waals surface area contributed by atoms with Crippen molar-refractivity contribution in [2.75, 3.05) is 0 Å². The molecule has 0 aromatic carbocycles. The van der Waals surface area contributed by atoms with Gasteiger partial charge in [0.1, 0.15) is 0 Å². The molecule has 0 unspecified atom stereocenters. The van der Waals surface area contributed by atoms with E-state index in [1.54, 1.807) is 0 Å². The Labute approximate surface area is 55.7 Å². The van der Waals surface area contributed by atoms with Crippen LogP contribution in [-0.2, 0) is 20.7 Å². The SMILES string of the molecule is O=C[S+]=O.[NaH]. The molecule has 0 saturated carbocycles. The van der Waals surface area contributed by atoms with E-state index in [9.17, 15) is 0 Å². The monoisotopic (exact) mass is 101 g/mol. The summed E-state index contributed by atoms with van der Waals surface area (Å²) < 4.78 is 8.85. The van der Waals surface area contributed by atoms with Crippen molar-refractivity contribution in [1.29, 1.82) is 0 Å². The molecule has 5 heavy (non-hydrogen) atoms. The van der Waals surface area contributed by atoms with E-state index >= 15 is 0 Å². The van der Waals surface area contributed by atoms with Gasteiger partial charge in [0.05, 0.1) is 0 Å². The molecule has 0 N–H and O–H groups in total. The number of carbonyl (C=O) groups excluding carboxylic acids is 1. The van der Waals surface area contributed by atoms with Crippen molar-refractivity contribution in [3.8, 4) is 0 Å². The van der Waals surface area contributed by atoms with Gasteiger partial charge in [-0.2, -0.15) is 0 Å². The molecular weight excluding hydrogens is 99.1 g/mol. The number of hydrogen-bond acceptors (Lipinski definition) is 2. The van der Waals surface area contributed by atoms with Crippen LogP contribution in [0.15, 0.2) is 0 Å². The zero-order valence-corrected chi connectivity index (χ0v) is 2.62. The summed E-state index contributed by atoms with van der Waals surface area (Å²) in [4.78, 5) is 8.82. The van der Waals surface area contributed by atoms with Crippen LogP contribution in [0.2, 0.25) is 0 Å². The minimum absolute atomic E-state index is 0. The molecule has 0 amide bonds. The van der Waals surface area contributed by atoms with E-state index in [0.717, 1.165) is 0 Å². The van der Waals surface area contributed by atoms with Crippen LogP contribution in [-0.4, -0.2) is 35.2 Å². The molecule has 0 bridgehead atoms. The first kappa shape index (κ1) is 9.19. The Kier molecular flexibility index (Phi) is 16.2. The van der Waals surface area contributed by atoms with Crippen LogP contribution >= 0.6 is 0 Å². The first-order valence-electron chi connectivity index (χ1n) is 0.638. The molecule has 0 heterocycles. The first-order chi connectivity index (χ1) is 1.91. The van der Waals surface area contributed by atoms with Gasteiger partial charge >= 0.3 is 46.8 Å². The molecule has 0 aromatic rings. The van der Waals surface area contributed by atoms with Crippen LogP contribution in [0.3, 0.4) is 0 Å². The molecule has 0 aromatic heterocycles. The third-order valence-electron chi connectivity index (χ3n) is 0.0393. The molecule has 0 saturated heterocycles. The van der Waals surface area contributed by atoms with Gasteiger partial charge < -0.3 is 0 Å². The van der Waals surface area contributed by atoms with E-state index in [2.05, 4.69) is 0 Å². The average molecular weight is 101 g/mol. The summed E-state index contributed by atoms with van der Waals surface area (Å²) in [6.07, 6.45) is 0. The maximum atomic E-state index is 8.85. The molecule has 0 aliphatic heterocycles. The molecule has 0 fully saturated rings. The van der Waals surface area contributed by atoms with Crippen LogP contribution < -0.4 is 0 Å². The predicted octanol–water partition coefficient (Wildman–Crippen LogP) is -1.04. The van der Waals surface area contributed by atoms with Gasteiger partial charge in [-0.25, -0.2) is 4.79 Å². The van der Waals surface area contributed by atoms with Crippen molar-refractivity contribution < 1.29 is 9.00 Å². The second kappa shape index (κ2) is 8.83. The number of carbonyl (C=O) groups is 1. The summed E-state index contributed by atoms with van der Waals surface area (Å²) >= 11 is -0.0741. The Bertz CT molecular complexity index is 30.6. The summed E-state index contributed by atoms with van der Waals surface area (Å²) in [7, 11) is 0. The fraction of sp³-hybridized carbons (Fsp3) is 0. The molecule has 24 valence electrons. The quantitative estimate of drug-likeness (QED) is 0.240. The van der Waals surface area contributed by atoms with Crippen LogP contribution in [0.25, 0.3) is 0 Å². The Morgan fingerprint density at radius 2 is 1.80 bits per heavy atom. The summed E-state index contributed by atoms with van der Waals surface area (Å²) in [5.74, 6) is 0. The van der Waals surface area contributed by atoms with E-state index < -0.39 is 0 Å². The fourth-order valence-electron chi connectivity index (χ4n) is 0. The van der Waals surface area contributed by atoms with E-state index in [1.807, 2.05) is 0 Å². The third-order valence-corrected chi connectivity index (χ3v) is 0.118. The summed E-state index contributed by atoms with van der Waals surface area (Å²) in [5.41, 5.74) is 0.236. The van der Waals surface area contributed by atoms with Gasteiger partial charge in [-0.15, -0.1) is 0 Å². The van der Waals surface area contributed by atoms with Gasteiger partial charge in [-0.3, -0.25) is 0 Å². The van der Waals surface area contributed by atoms with E-state index in [1.165, 1.54) is 0 Å². The Hall–Kier alpha value is 0.690. The minimum atomic E-state index is -0.0741. The fourth-order valence-corrected chi connectivity index (χ4v) is 0. The zero-order chi connectivity index (χ0) is 3.41. The van der Waals surface area contributed by atoms with Gasteiger partial charge in [0.25, 0.3) is 0 Å². The topological polar surface area (TPSA) is 34.1 Å². The van der Waals surface area contributed by atoms with Crippen LogP contribution in [0.5, 0.6) is 0 Å². The average Bonchev–Trinajstić information content (AvgIpc) is 1.37. The van der Waals surface area contributed by atoms with E-state index in [-0.39, 0.29) is 46.8 Å². The maximum absolute atomic E-state index is 8.85. The van der Waals surface area contributed by atoms with E-state index in [0.29, 0.717) is 0 Å². The van der Waals surface area contributed by atoms with Crippen LogP contribution in [0.1, 0.15) is 0 Å². The van der Waals surface area contributed by atoms with Crippen LogP contribution in [0, 0.1) is 0 Å².